The lowest BCUT2D eigenvalue weighted by Crippen LogP contribution is -2.18. The van der Waals surface area contributed by atoms with Crippen molar-refractivity contribution in [3.8, 4) is 28.4 Å². The molecule has 0 aliphatic carbocycles. The van der Waals surface area contributed by atoms with Crippen LogP contribution in [0, 0.1) is 6.92 Å². The normalized spacial score (nSPS) is 10.6. The number of carbonyl (C=O) groups is 1. The largest absolute Gasteiger partial charge is 0.497 e. The number of rotatable bonds is 8. The van der Waals surface area contributed by atoms with Crippen LogP contribution < -0.4 is 25.2 Å². The topological polar surface area (TPSA) is 87.0 Å². The summed E-state index contributed by atoms with van der Waals surface area (Å²) in [4.78, 5) is 25.7. The molecule has 0 bridgehead atoms. The Hall–Kier alpha value is -4.52. The Balaban J connectivity index is 1.66. The summed E-state index contributed by atoms with van der Waals surface area (Å²) in [5, 5.41) is 3.33. The van der Waals surface area contributed by atoms with E-state index in [2.05, 4.69) is 11.9 Å². The van der Waals surface area contributed by atoms with Gasteiger partial charge in [0.2, 0.25) is 0 Å². The van der Waals surface area contributed by atoms with Crippen molar-refractivity contribution in [3.63, 3.8) is 0 Å². The summed E-state index contributed by atoms with van der Waals surface area (Å²) in [6, 6.07) is 17.6. The van der Waals surface area contributed by atoms with Crippen molar-refractivity contribution in [3.05, 3.63) is 94.9 Å². The molecule has 0 saturated heterocycles. The molecular weight excluding hydrogens is 446 g/mol. The van der Waals surface area contributed by atoms with Gasteiger partial charge in [-0.2, -0.15) is 0 Å². The summed E-state index contributed by atoms with van der Waals surface area (Å²) in [6.07, 6.45) is 1.64. The van der Waals surface area contributed by atoms with E-state index in [-0.39, 0.29) is 5.69 Å². The van der Waals surface area contributed by atoms with Crippen molar-refractivity contribution in [2.45, 2.75) is 6.92 Å². The van der Waals surface area contributed by atoms with Crippen LogP contribution in [0.1, 0.15) is 15.9 Å². The highest BCUT2D eigenvalue weighted by Crippen LogP contribution is 2.33. The van der Waals surface area contributed by atoms with E-state index in [1.54, 1.807) is 50.6 Å². The molecule has 7 heteroatoms. The van der Waals surface area contributed by atoms with Crippen LogP contribution in [-0.2, 0) is 0 Å². The predicted octanol–water partition coefficient (Wildman–Crippen LogP) is 5.60. The van der Waals surface area contributed by atoms with E-state index in [0.29, 0.717) is 46.0 Å². The first-order valence-corrected chi connectivity index (χ1v) is 10.9. The standard InChI is InChI=1S/C28H25NO6/c1-5-11-34-25-16-26-20(12-17(25)2)15-23(28(31)35-26)29-27(30)19-9-10-24(33-4)22(14-19)18-7-6-8-21(13-18)32-3/h5-10,12-16H,1,11H2,2-4H3,(H,29,30). The second kappa shape index (κ2) is 10.2. The molecule has 7 nitrogen and oxygen atoms in total. The highest BCUT2D eigenvalue weighted by Gasteiger charge is 2.16. The molecule has 1 N–H and O–H groups in total. The molecule has 0 unspecified atom stereocenters. The number of benzene rings is 3. The zero-order valence-electron chi connectivity index (χ0n) is 19.7. The molecular formula is C28H25NO6. The zero-order chi connectivity index (χ0) is 24.9. The summed E-state index contributed by atoms with van der Waals surface area (Å²) in [6.45, 7) is 5.86. The molecule has 0 atom stereocenters. The third kappa shape index (κ3) is 5.04. The van der Waals surface area contributed by atoms with E-state index in [9.17, 15) is 9.59 Å². The fraction of sp³-hybridized carbons (Fsp3) is 0.143. The van der Waals surface area contributed by atoms with Crippen LogP contribution in [0.3, 0.4) is 0 Å². The van der Waals surface area contributed by atoms with E-state index in [1.165, 1.54) is 0 Å². The number of hydrogen-bond donors (Lipinski definition) is 1. The van der Waals surface area contributed by atoms with Gasteiger partial charge in [0, 0.05) is 22.6 Å². The SMILES string of the molecule is C=CCOc1cc2oc(=O)c(NC(=O)c3ccc(OC)c(-c4cccc(OC)c4)c3)cc2cc1C. The van der Waals surface area contributed by atoms with E-state index in [0.717, 1.165) is 11.1 Å². The van der Waals surface area contributed by atoms with Crippen molar-refractivity contribution in [1.82, 2.24) is 0 Å². The number of ether oxygens (including phenoxy) is 3. The molecule has 1 aromatic heterocycles. The van der Waals surface area contributed by atoms with Gasteiger partial charge in [-0.05, 0) is 60.5 Å². The van der Waals surface area contributed by atoms with Crippen LogP contribution >= 0.6 is 0 Å². The van der Waals surface area contributed by atoms with Gasteiger partial charge in [0.15, 0.2) is 0 Å². The quantitative estimate of drug-likeness (QED) is 0.266. The molecule has 0 spiro atoms. The zero-order valence-corrected chi connectivity index (χ0v) is 19.7. The number of fused-ring (bicyclic) bond motifs is 1. The number of nitrogens with one attached hydrogen (secondary N) is 1. The van der Waals surface area contributed by atoms with Crippen LogP contribution in [0.2, 0.25) is 0 Å². The lowest BCUT2D eigenvalue weighted by Gasteiger charge is -2.12. The molecule has 0 saturated carbocycles. The molecule has 0 fully saturated rings. The van der Waals surface area contributed by atoms with Gasteiger partial charge in [-0.3, -0.25) is 4.79 Å². The van der Waals surface area contributed by atoms with Crippen molar-refractivity contribution in [2.24, 2.45) is 0 Å². The van der Waals surface area contributed by atoms with Gasteiger partial charge in [-0.1, -0.05) is 24.8 Å². The summed E-state index contributed by atoms with van der Waals surface area (Å²) in [7, 11) is 3.15. The van der Waals surface area contributed by atoms with Crippen LogP contribution in [0.25, 0.3) is 22.1 Å². The van der Waals surface area contributed by atoms with E-state index in [4.69, 9.17) is 18.6 Å². The van der Waals surface area contributed by atoms with Crippen LogP contribution in [-0.4, -0.2) is 26.7 Å². The second-order valence-electron chi connectivity index (χ2n) is 7.80. The van der Waals surface area contributed by atoms with Crippen molar-refractivity contribution in [1.29, 1.82) is 0 Å². The Morgan fingerprint density at radius 3 is 2.60 bits per heavy atom. The molecule has 3 aromatic carbocycles. The predicted molar refractivity (Wildman–Crippen MR) is 136 cm³/mol. The van der Waals surface area contributed by atoms with Crippen molar-refractivity contribution < 1.29 is 23.4 Å². The Bertz CT molecular complexity index is 1470. The first kappa shape index (κ1) is 23.6. The number of amides is 1. The summed E-state index contributed by atoms with van der Waals surface area (Å²) in [5.74, 6) is 1.43. The average molecular weight is 472 g/mol. The van der Waals surface area contributed by atoms with Crippen LogP contribution in [0.4, 0.5) is 5.69 Å². The maximum Gasteiger partial charge on any atom is 0.360 e. The number of hydrogen-bond acceptors (Lipinski definition) is 6. The van der Waals surface area contributed by atoms with Gasteiger partial charge < -0.3 is 23.9 Å². The minimum absolute atomic E-state index is 0.0420. The van der Waals surface area contributed by atoms with Crippen molar-refractivity contribution >= 4 is 22.6 Å². The Kier molecular flexibility index (Phi) is 6.87. The minimum atomic E-state index is -0.661. The molecule has 0 aliphatic heterocycles. The van der Waals surface area contributed by atoms with E-state index < -0.39 is 11.5 Å². The summed E-state index contributed by atoms with van der Waals surface area (Å²) in [5.41, 5.74) is 2.50. The first-order valence-electron chi connectivity index (χ1n) is 10.9. The maximum atomic E-state index is 13.1. The molecule has 4 rings (SSSR count). The Labute approximate surface area is 202 Å². The number of carbonyl (C=O) groups excluding carboxylic acids is 1. The van der Waals surface area contributed by atoms with Crippen LogP contribution in [0.15, 0.2) is 82.5 Å². The second-order valence-corrected chi connectivity index (χ2v) is 7.80. The summed E-state index contributed by atoms with van der Waals surface area (Å²) >= 11 is 0. The number of anilines is 1. The Morgan fingerprint density at radius 1 is 1.03 bits per heavy atom. The smallest absolute Gasteiger partial charge is 0.360 e. The lowest BCUT2D eigenvalue weighted by atomic mass is 10.0. The molecule has 0 radical (unpaired) electrons. The monoisotopic (exact) mass is 471 g/mol. The maximum absolute atomic E-state index is 13.1. The van der Waals surface area contributed by atoms with E-state index in [1.807, 2.05) is 37.3 Å². The molecule has 1 amide bonds. The van der Waals surface area contributed by atoms with Crippen LogP contribution in [0.5, 0.6) is 17.2 Å². The van der Waals surface area contributed by atoms with Gasteiger partial charge >= 0.3 is 5.63 Å². The molecule has 35 heavy (non-hydrogen) atoms. The van der Waals surface area contributed by atoms with E-state index >= 15 is 0 Å². The average Bonchev–Trinajstić information content (AvgIpc) is 2.88. The fourth-order valence-corrected chi connectivity index (χ4v) is 3.71. The Morgan fingerprint density at radius 2 is 1.86 bits per heavy atom. The molecule has 0 aliphatic rings. The first-order chi connectivity index (χ1) is 16.9. The van der Waals surface area contributed by atoms with Gasteiger partial charge in [0.05, 0.1) is 14.2 Å². The third-order valence-corrected chi connectivity index (χ3v) is 5.48. The fourth-order valence-electron chi connectivity index (χ4n) is 3.71. The highest BCUT2D eigenvalue weighted by molar-refractivity contribution is 6.05. The number of methoxy groups -OCH3 is 2. The third-order valence-electron chi connectivity index (χ3n) is 5.48. The van der Waals surface area contributed by atoms with Crippen molar-refractivity contribution in [2.75, 3.05) is 26.1 Å². The highest BCUT2D eigenvalue weighted by atomic mass is 16.5. The summed E-state index contributed by atoms with van der Waals surface area (Å²) < 4.78 is 21.8. The van der Waals surface area contributed by atoms with Gasteiger partial charge in [0.25, 0.3) is 5.91 Å². The number of aryl methyl sites for hydroxylation is 1. The van der Waals surface area contributed by atoms with Gasteiger partial charge in [-0.15, -0.1) is 0 Å². The lowest BCUT2D eigenvalue weighted by molar-refractivity contribution is 0.102. The minimum Gasteiger partial charge on any atom is -0.497 e. The molecule has 178 valence electrons. The van der Waals surface area contributed by atoms with Gasteiger partial charge in [0.1, 0.15) is 35.1 Å². The van der Waals surface area contributed by atoms with Gasteiger partial charge in [-0.25, -0.2) is 4.79 Å². The molecule has 4 aromatic rings. The molecule has 1 heterocycles.